The molecule has 3 nitrogen and oxygen atoms in total. The lowest BCUT2D eigenvalue weighted by Gasteiger charge is -2.23. The minimum Gasteiger partial charge on any atom is -0.497 e. The second kappa shape index (κ2) is 4.59. The van der Waals surface area contributed by atoms with Crippen molar-refractivity contribution in [2.75, 3.05) is 7.11 Å². The van der Waals surface area contributed by atoms with Crippen LogP contribution in [-0.2, 0) is 0 Å². The number of hydrogen-bond donors (Lipinski definition) is 1. The fourth-order valence-electron chi connectivity index (χ4n) is 1.78. The Bertz CT molecular complexity index is 566. The SMILES string of the molecule is COc1cc(Br)c2oc(C(O)C(C)(C)C)cc2c1. The van der Waals surface area contributed by atoms with Crippen molar-refractivity contribution in [1.82, 2.24) is 0 Å². The Morgan fingerprint density at radius 3 is 2.50 bits per heavy atom. The number of aliphatic hydroxyl groups excluding tert-OH is 1. The summed E-state index contributed by atoms with van der Waals surface area (Å²) in [5.74, 6) is 1.33. The van der Waals surface area contributed by atoms with Gasteiger partial charge in [0.05, 0.1) is 11.6 Å². The maximum Gasteiger partial charge on any atom is 0.148 e. The van der Waals surface area contributed by atoms with Crippen LogP contribution in [0.5, 0.6) is 5.75 Å². The van der Waals surface area contributed by atoms with Crippen LogP contribution in [0.25, 0.3) is 11.0 Å². The zero-order valence-corrected chi connectivity index (χ0v) is 12.5. The largest absolute Gasteiger partial charge is 0.497 e. The number of ether oxygens (including phenoxy) is 1. The fourth-order valence-corrected chi connectivity index (χ4v) is 2.32. The van der Waals surface area contributed by atoms with Gasteiger partial charge in [0.25, 0.3) is 0 Å². The molecule has 1 heterocycles. The van der Waals surface area contributed by atoms with Gasteiger partial charge in [-0.05, 0) is 39.5 Å². The average molecular weight is 313 g/mol. The van der Waals surface area contributed by atoms with E-state index in [4.69, 9.17) is 9.15 Å². The molecule has 0 radical (unpaired) electrons. The van der Waals surface area contributed by atoms with Crippen LogP contribution >= 0.6 is 15.9 Å². The normalized spacial score (nSPS) is 13.9. The van der Waals surface area contributed by atoms with E-state index in [1.54, 1.807) is 7.11 Å². The molecular formula is C14H17BrO3. The summed E-state index contributed by atoms with van der Waals surface area (Å²) in [5.41, 5.74) is 0.471. The van der Waals surface area contributed by atoms with Crippen molar-refractivity contribution in [1.29, 1.82) is 0 Å². The number of methoxy groups -OCH3 is 1. The Morgan fingerprint density at radius 2 is 1.94 bits per heavy atom. The summed E-state index contributed by atoms with van der Waals surface area (Å²) in [6.07, 6.45) is -0.636. The molecule has 1 aromatic heterocycles. The van der Waals surface area contributed by atoms with E-state index in [9.17, 15) is 5.11 Å². The third kappa shape index (κ3) is 2.40. The molecule has 0 aliphatic rings. The highest BCUT2D eigenvalue weighted by Crippen LogP contribution is 2.38. The summed E-state index contributed by atoms with van der Waals surface area (Å²) in [5, 5.41) is 11.2. The van der Waals surface area contributed by atoms with Crippen LogP contribution in [0, 0.1) is 5.41 Å². The van der Waals surface area contributed by atoms with Gasteiger partial charge < -0.3 is 14.3 Å². The van der Waals surface area contributed by atoms with E-state index in [0.717, 1.165) is 21.2 Å². The Kier molecular flexibility index (Phi) is 3.43. The number of hydrogen-bond acceptors (Lipinski definition) is 3. The highest BCUT2D eigenvalue weighted by molar-refractivity contribution is 9.10. The summed E-state index contributed by atoms with van der Waals surface area (Å²) < 4.78 is 11.8. The van der Waals surface area contributed by atoms with E-state index in [0.29, 0.717) is 5.76 Å². The van der Waals surface area contributed by atoms with Gasteiger partial charge in [0.1, 0.15) is 23.2 Å². The van der Waals surface area contributed by atoms with Crippen molar-refractivity contribution < 1.29 is 14.3 Å². The van der Waals surface area contributed by atoms with Gasteiger partial charge >= 0.3 is 0 Å². The van der Waals surface area contributed by atoms with Crippen LogP contribution in [-0.4, -0.2) is 12.2 Å². The zero-order valence-electron chi connectivity index (χ0n) is 11.0. The van der Waals surface area contributed by atoms with E-state index >= 15 is 0 Å². The molecule has 98 valence electrons. The smallest absolute Gasteiger partial charge is 0.148 e. The number of fused-ring (bicyclic) bond motifs is 1. The van der Waals surface area contributed by atoms with Gasteiger partial charge in [-0.1, -0.05) is 20.8 Å². The standard InChI is InChI=1S/C14H17BrO3/c1-14(2,3)13(16)11-6-8-5-9(17-4)7-10(15)12(8)18-11/h5-7,13,16H,1-4H3. The van der Waals surface area contributed by atoms with E-state index in [2.05, 4.69) is 15.9 Å². The maximum atomic E-state index is 10.2. The molecule has 0 fully saturated rings. The molecule has 0 saturated carbocycles. The molecule has 0 saturated heterocycles. The topological polar surface area (TPSA) is 42.6 Å². The van der Waals surface area contributed by atoms with Gasteiger partial charge in [-0.15, -0.1) is 0 Å². The Hall–Kier alpha value is -1.00. The molecule has 18 heavy (non-hydrogen) atoms. The summed E-state index contributed by atoms with van der Waals surface area (Å²) in [4.78, 5) is 0. The monoisotopic (exact) mass is 312 g/mol. The second-order valence-electron chi connectivity index (χ2n) is 5.44. The van der Waals surface area contributed by atoms with Crippen molar-refractivity contribution >= 4 is 26.9 Å². The van der Waals surface area contributed by atoms with Gasteiger partial charge in [-0.3, -0.25) is 0 Å². The maximum absolute atomic E-state index is 10.2. The molecule has 0 aliphatic heterocycles. The third-order valence-electron chi connectivity index (χ3n) is 2.89. The Balaban J connectivity index is 2.54. The van der Waals surface area contributed by atoms with Crippen LogP contribution in [0.3, 0.4) is 0 Å². The van der Waals surface area contributed by atoms with E-state index in [1.807, 2.05) is 39.0 Å². The molecule has 0 aliphatic carbocycles. The predicted molar refractivity (Wildman–Crippen MR) is 74.9 cm³/mol. The minimum absolute atomic E-state index is 0.259. The molecule has 1 atom stereocenters. The van der Waals surface area contributed by atoms with Crippen LogP contribution in [0.4, 0.5) is 0 Å². The first-order valence-electron chi connectivity index (χ1n) is 5.78. The quantitative estimate of drug-likeness (QED) is 0.899. The fraction of sp³-hybridized carbons (Fsp3) is 0.429. The molecule has 2 rings (SSSR count). The van der Waals surface area contributed by atoms with Gasteiger partial charge in [-0.2, -0.15) is 0 Å². The number of aliphatic hydroxyl groups is 1. The van der Waals surface area contributed by atoms with Crippen LogP contribution in [0.1, 0.15) is 32.6 Å². The summed E-state index contributed by atoms with van der Waals surface area (Å²) >= 11 is 3.45. The zero-order chi connectivity index (χ0) is 13.5. The molecule has 0 amide bonds. The minimum atomic E-state index is -0.636. The van der Waals surface area contributed by atoms with Crippen molar-refractivity contribution in [2.45, 2.75) is 26.9 Å². The summed E-state index contributed by atoms with van der Waals surface area (Å²) in [7, 11) is 1.62. The molecule has 4 heteroatoms. The molecule has 2 aromatic rings. The van der Waals surface area contributed by atoms with E-state index < -0.39 is 6.10 Å². The average Bonchev–Trinajstić information content (AvgIpc) is 2.70. The highest BCUT2D eigenvalue weighted by Gasteiger charge is 2.27. The van der Waals surface area contributed by atoms with Crippen LogP contribution < -0.4 is 4.74 Å². The molecule has 0 spiro atoms. The Morgan fingerprint density at radius 1 is 1.28 bits per heavy atom. The van der Waals surface area contributed by atoms with Crippen molar-refractivity contribution in [2.24, 2.45) is 5.41 Å². The third-order valence-corrected chi connectivity index (χ3v) is 3.48. The lowest BCUT2D eigenvalue weighted by molar-refractivity contribution is 0.0448. The Labute approximate surface area is 115 Å². The van der Waals surface area contributed by atoms with Gasteiger partial charge in [0.2, 0.25) is 0 Å². The number of rotatable bonds is 2. The molecular weight excluding hydrogens is 296 g/mol. The first kappa shape index (κ1) is 13.4. The molecule has 0 bridgehead atoms. The van der Waals surface area contributed by atoms with Gasteiger partial charge in [0.15, 0.2) is 0 Å². The molecule has 1 aromatic carbocycles. The molecule has 1 N–H and O–H groups in total. The second-order valence-corrected chi connectivity index (χ2v) is 6.30. The van der Waals surface area contributed by atoms with Gasteiger partial charge in [-0.25, -0.2) is 0 Å². The summed E-state index contributed by atoms with van der Waals surface area (Å²) in [6.45, 7) is 5.92. The molecule has 1 unspecified atom stereocenters. The first-order chi connectivity index (χ1) is 8.32. The number of benzene rings is 1. The number of halogens is 1. The van der Waals surface area contributed by atoms with Crippen molar-refractivity contribution in [3.63, 3.8) is 0 Å². The lowest BCUT2D eigenvalue weighted by atomic mass is 9.88. The van der Waals surface area contributed by atoms with Crippen molar-refractivity contribution in [3.8, 4) is 5.75 Å². The first-order valence-corrected chi connectivity index (χ1v) is 6.57. The highest BCUT2D eigenvalue weighted by atomic mass is 79.9. The van der Waals surface area contributed by atoms with E-state index in [-0.39, 0.29) is 5.41 Å². The van der Waals surface area contributed by atoms with E-state index in [1.165, 1.54) is 0 Å². The lowest BCUT2D eigenvalue weighted by Crippen LogP contribution is -2.16. The summed E-state index contributed by atoms with van der Waals surface area (Å²) in [6, 6.07) is 5.60. The predicted octanol–water partition coefficient (Wildman–Crippen LogP) is 4.28. The van der Waals surface area contributed by atoms with Crippen LogP contribution in [0.2, 0.25) is 0 Å². The van der Waals surface area contributed by atoms with Crippen LogP contribution in [0.15, 0.2) is 27.1 Å². The van der Waals surface area contributed by atoms with Crippen molar-refractivity contribution in [3.05, 3.63) is 28.4 Å². The van der Waals surface area contributed by atoms with Gasteiger partial charge in [0, 0.05) is 5.39 Å². The number of furan rings is 1.